The van der Waals surface area contributed by atoms with Crippen LogP contribution < -0.4 is 5.32 Å². The Hall–Kier alpha value is 0.240. The number of hydrogen-bond acceptors (Lipinski definition) is 2. The molecule has 72 valence electrons. The van der Waals surface area contributed by atoms with Gasteiger partial charge in [-0.05, 0) is 32.1 Å². The van der Waals surface area contributed by atoms with Crippen LogP contribution in [-0.2, 0) is 0 Å². The maximum absolute atomic E-state index is 11.7. The van der Waals surface area contributed by atoms with E-state index < -0.39 is 0 Å². The quantitative estimate of drug-likeness (QED) is 0.646. The fourth-order valence-electron chi connectivity index (χ4n) is 1.53. The van der Waals surface area contributed by atoms with E-state index in [0.717, 1.165) is 13.1 Å². The van der Waals surface area contributed by atoms with E-state index in [-0.39, 0.29) is 6.67 Å². The van der Waals surface area contributed by atoms with Crippen LogP contribution in [-0.4, -0.2) is 30.8 Å². The first kappa shape index (κ1) is 10.3. The van der Waals surface area contributed by atoms with Gasteiger partial charge in [-0.15, -0.1) is 0 Å². The van der Waals surface area contributed by atoms with Gasteiger partial charge in [0.05, 0.1) is 6.67 Å². The average Bonchev–Trinajstić information content (AvgIpc) is 2.02. The monoisotopic (exact) mass is 191 g/mol. The van der Waals surface area contributed by atoms with Gasteiger partial charge in [0.15, 0.2) is 0 Å². The average molecular weight is 191 g/mol. The highest BCUT2D eigenvalue weighted by Crippen LogP contribution is 2.41. The van der Waals surface area contributed by atoms with Crippen molar-refractivity contribution in [2.75, 3.05) is 26.0 Å². The minimum absolute atomic E-state index is 0.195. The van der Waals surface area contributed by atoms with Crippen LogP contribution in [0, 0.1) is 0 Å². The van der Waals surface area contributed by atoms with Gasteiger partial charge in [0.1, 0.15) is 0 Å². The zero-order valence-electron chi connectivity index (χ0n) is 7.74. The summed E-state index contributed by atoms with van der Waals surface area (Å²) < 4.78 is 12.2. The van der Waals surface area contributed by atoms with E-state index in [0.29, 0.717) is 11.2 Å². The molecule has 1 rings (SSSR count). The van der Waals surface area contributed by atoms with Gasteiger partial charge in [-0.3, -0.25) is 4.39 Å². The summed E-state index contributed by atoms with van der Waals surface area (Å²) in [7, 11) is 0. The van der Waals surface area contributed by atoms with E-state index in [4.69, 9.17) is 0 Å². The molecule has 1 saturated carbocycles. The molecule has 0 bridgehead atoms. The lowest BCUT2D eigenvalue weighted by molar-refractivity contribution is 0.342. The van der Waals surface area contributed by atoms with Crippen LogP contribution in [0.1, 0.15) is 25.7 Å². The van der Waals surface area contributed by atoms with Gasteiger partial charge < -0.3 is 5.32 Å². The molecule has 1 nitrogen and oxygen atoms in total. The summed E-state index contributed by atoms with van der Waals surface area (Å²) in [6, 6.07) is 0. The lowest BCUT2D eigenvalue weighted by atomic mass is 9.84. The second-order valence-electron chi connectivity index (χ2n) is 3.46. The molecule has 0 aromatic carbocycles. The second kappa shape index (κ2) is 5.07. The predicted octanol–water partition coefficient (Wildman–Crippen LogP) is 2.22. The molecular weight excluding hydrogens is 173 g/mol. The standard InChI is InChI=1S/C9H18FNS/c1-12-9(4-2-5-9)8-11-7-3-6-10/h11H,2-8H2,1H3. The number of halogens is 1. The fraction of sp³-hybridized carbons (Fsp3) is 1.00. The smallest absolute Gasteiger partial charge is 0.0906 e. The predicted molar refractivity (Wildman–Crippen MR) is 53.6 cm³/mol. The second-order valence-corrected chi connectivity index (χ2v) is 4.73. The topological polar surface area (TPSA) is 12.0 Å². The Morgan fingerprint density at radius 3 is 2.67 bits per heavy atom. The van der Waals surface area contributed by atoms with Crippen molar-refractivity contribution in [1.29, 1.82) is 0 Å². The van der Waals surface area contributed by atoms with Crippen molar-refractivity contribution in [3.8, 4) is 0 Å². The van der Waals surface area contributed by atoms with E-state index in [1.165, 1.54) is 19.3 Å². The lowest BCUT2D eigenvalue weighted by Gasteiger charge is -2.40. The Morgan fingerprint density at radius 2 is 2.25 bits per heavy atom. The summed E-state index contributed by atoms with van der Waals surface area (Å²) in [6.07, 6.45) is 6.86. The first-order chi connectivity index (χ1) is 5.83. The number of hydrogen-bond donors (Lipinski definition) is 1. The zero-order valence-corrected chi connectivity index (χ0v) is 8.55. The van der Waals surface area contributed by atoms with E-state index in [1.807, 2.05) is 11.8 Å². The number of alkyl halides is 1. The third-order valence-electron chi connectivity index (χ3n) is 2.63. The molecule has 0 heterocycles. The van der Waals surface area contributed by atoms with Crippen LogP contribution in [0.4, 0.5) is 4.39 Å². The number of thioether (sulfide) groups is 1. The van der Waals surface area contributed by atoms with Gasteiger partial charge >= 0.3 is 0 Å². The highest BCUT2D eigenvalue weighted by Gasteiger charge is 2.35. The third-order valence-corrected chi connectivity index (χ3v) is 4.05. The highest BCUT2D eigenvalue weighted by atomic mass is 32.2. The summed E-state index contributed by atoms with van der Waals surface area (Å²) in [4.78, 5) is 0. The lowest BCUT2D eigenvalue weighted by Crippen LogP contribution is -2.43. The van der Waals surface area contributed by atoms with Crippen molar-refractivity contribution in [3.63, 3.8) is 0 Å². The molecule has 12 heavy (non-hydrogen) atoms. The largest absolute Gasteiger partial charge is 0.315 e. The Balaban J connectivity index is 2.04. The van der Waals surface area contributed by atoms with Crippen molar-refractivity contribution in [2.45, 2.75) is 30.4 Å². The Morgan fingerprint density at radius 1 is 1.50 bits per heavy atom. The van der Waals surface area contributed by atoms with Crippen molar-refractivity contribution >= 4 is 11.8 Å². The minimum atomic E-state index is -0.195. The Kier molecular flexibility index (Phi) is 4.36. The molecule has 0 unspecified atom stereocenters. The van der Waals surface area contributed by atoms with Gasteiger partial charge in [0.25, 0.3) is 0 Å². The number of rotatable bonds is 6. The SMILES string of the molecule is CSC1(CNCCCF)CCC1. The normalized spacial score (nSPS) is 20.5. The Bertz CT molecular complexity index is 120. The maximum Gasteiger partial charge on any atom is 0.0906 e. The summed E-state index contributed by atoms with van der Waals surface area (Å²) >= 11 is 1.96. The molecule has 3 heteroatoms. The van der Waals surface area contributed by atoms with Gasteiger partial charge in [0, 0.05) is 11.3 Å². The van der Waals surface area contributed by atoms with Crippen LogP contribution in [0.25, 0.3) is 0 Å². The molecule has 1 aliphatic carbocycles. The van der Waals surface area contributed by atoms with Gasteiger partial charge in [-0.1, -0.05) is 6.42 Å². The first-order valence-electron chi connectivity index (χ1n) is 4.65. The fourth-order valence-corrected chi connectivity index (χ4v) is 2.48. The van der Waals surface area contributed by atoms with E-state index in [1.54, 1.807) is 0 Å². The molecule has 0 aliphatic heterocycles. The molecule has 0 aromatic rings. The van der Waals surface area contributed by atoms with E-state index in [9.17, 15) is 4.39 Å². The maximum atomic E-state index is 11.7. The van der Waals surface area contributed by atoms with Gasteiger partial charge in [-0.2, -0.15) is 11.8 Å². The van der Waals surface area contributed by atoms with Gasteiger partial charge in [-0.25, -0.2) is 0 Å². The summed E-state index contributed by atoms with van der Waals surface area (Å²) in [5.74, 6) is 0. The van der Waals surface area contributed by atoms with Crippen molar-refractivity contribution in [1.82, 2.24) is 5.32 Å². The Labute approximate surface area is 78.5 Å². The van der Waals surface area contributed by atoms with Crippen molar-refractivity contribution in [2.24, 2.45) is 0 Å². The molecule has 0 atom stereocenters. The molecular formula is C9H18FNS. The molecule has 0 saturated heterocycles. The first-order valence-corrected chi connectivity index (χ1v) is 5.87. The van der Waals surface area contributed by atoms with Crippen LogP contribution in [0.15, 0.2) is 0 Å². The van der Waals surface area contributed by atoms with Crippen molar-refractivity contribution < 1.29 is 4.39 Å². The molecule has 0 radical (unpaired) electrons. The molecule has 0 spiro atoms. The molecule has 0 amide bonds. The number of nitrogens with one attached hydrogen (secondary N) is 1. The summed E-state index contributed by atoms with van der Waals surface area (Å²) in [5.41, 5.74) is 0. The molecule has 1 fully saturated rings. The van der Waals surface area contributed by atoms with Crippen molar-refractivity contribution in [3.05, 3.63) is 0 Å². The molecule has 1 aliphatic rings. The zero-order chi connectivity index (χ0) is 8.86. The minimum Gasteiger partial charge on any atom is -0.315 e. The summed E-state index contributed by atoms with van der Waals surface area (Å²) in [6.45, 7) is 1.70. The van der Waals surface area contributed by atoms with E-state index >= 15 is 0 Å². The third kappa shape index (κ3) is 2.63. The van der Waals surface area contributed by atoms with E-state index in [2.05, 4.69) is 11.6 Å². The van der Waals surface area contributed by atoms with Crippen LogP contribution >= 0.6 is 11.8 Å². The highest BCUT2D eigenvalue weighted by molar-refractivity contribution is 8.00. The van der Waals surface area contributed by atoms with Crippen LogP contribution in [0.5, 0.6) is 0 Å². The summed E-state index contributed by atoms with van der Waals surface area (Å²) in [5, 5.41) is 3.32. The molecule has 0 aromatic heterocycles. The molecule has 1 N–H and O–H groups in total. The van der Waals surface area contributed by atoms with Crippen LogP contribution in [0.3, 0.4) is 0 Å². The van der Waals surface area contributed by atoms with Crippen LogP contribution in [0.2, 0.25) is 0 Å². The van der Waals surface area contributed by atoms with Gasteiger partial charge in [0.2, 0.25) is 0 Å².